The Bertz CT molecular complexity index is 1400. The molecule has 4 heterocycles. The van der Waals surface area contributed by atoms with Crippen LogP contribution in [0.1, 0.15) is 46.5 Å². The fraction of sp³-hybridized carbons (Fsp3) is 0.296. The number of imidazole rings is 1. The topological polar surface area (TPSA) is 102 Å². The van der Waals surface area contributed by atoms with Crippen molar-refractivity contribution in [3.63, 3.8) is 0 Å². The number of likely N-dealkylation sites (tertiary alicyclic amines) is 1. The van der Waals surface area contributed by atoms with Crippen molar-refractivity contribution in [1.82, 2.24) is 24.4 Å². The summed E-state index contributed by atoms with van der Waals surface area (Å²) >= 11 is 0. The number of carbonyl (C=O) groups excluding carboxylic acids is 2. The lowest BCUT2D eigenvalue weighted by atomic mass is 10.1. The number of para-hydroxylation sites is 2. The summed E-state index contributed by atoms with van der Waals surface area (Å²) in [5.41, 5.74) is 3.74. The number of aryl methyl sites for hydroxylation is 1. The Morgan fingerprint density at radius 1 is 1.08 bits per heavy atom. The van der Waals surface area contributed by atoms with Gasteiger partial charge in [0.15, 0.2) is 0 Å². The summed E-state index contributed by atoms with van der Waals surface area (Å²) < 4.78 is 7.24. The first-order chi connectivity index (χ1) is 17.5. The standard InChI is InChI=1S/C27H28N6O3/c1-18-12-13-24(28-15-18)31-27(35)21-9-5-8-19(29-21)22-11-6-14-32(22)26(34)16-33-23-10-4-3-7-20(23)30-25(33)17-36-2/h3-5,7-10,12-13,15,22H,6,11,14,16-17H2,1-2H3,(H,28,31,35)/t22-/m0/s1. The smallest absolute Gasteiger partial charge is 0.275 e. The average molecular weight is 485 g/mol. The highest BCUT2D eigenvalue weighted by Gasteiger charge is 2.32. The lowest BCUT2D eigenvalue weighted by molar-refractivity contribution is -0.132. The van der Waals surface area contributed by atoms with E-state index in [4.69, 9.17) is 4.74 Å². The van der Waals surface area contributed by atoms with Gasteiger partial charge in [0, 0.05) is 19.9 Å². The molecule has 1 aliphatic heterocycles. The van der Waals surface area contributed by atoms with E-state index in [9.17, 15) is 9.59 Å². The zero-order valence-corrected chi connectivity index (χ0v) is 20.3. The Morgan fingerprint density at radius 2 is 1.94 bits per heavy atom. The highest BCUT2D eigenvalue weighted by Crippen LogP contribution is 2.31. The van der Waals surface area contributed by atoms with Crippen molar-refractivity contribution in [3.8, 4) is 0 Å². The van der Waals surface area contributed by atoms with Gasteiger partial charge >= 0.3 is 0 Å². The molecule has 1 aromatic carbocycles. The molecule has 0 saturated carbocycles. The Balaban J connectivity index is 1.35. The van der Waals surface area contributed by atoms with E-state index in [1.807, 2.05) is 52.8 Å². The fourth-order valence-electron chi connectivity index (χ4n) is 4.63. The monoisotopic (exact) mass is 484 g/mol. The third-order valence-corrected chi connectivity index (χ3v) is 6.37. The SMILES string of the molecule is COCc1nc2ccccc2n1CC(=O)N1CCC[C@H]1c1cccc(C(=O)Nc2ccc(C)cn2)n1. The number of fused-ring (bicyclic) bond motifs is 1. The molecular weight excluding hydrogens is 456 g/mol. The first kappa shape index (κ1) is 23.6. The molecule has 1 fully saturated rings. The van der Waals surface area contributed by atoms with E-state index in [-0.39, 0.29) is 30.1 Å². The number of amides is 2. The Hall–Kier alpha value is -4.11. The van der Waals surface area contributed by atoms with Gasteiger partial charge in [-0.2, -0.15) is 0 Å². The summed E-state index contributed by atoms with van der Waals surface area (Å²) in [5, 5.41) is 2.79. The van der Waals surface area contributed by atoms with Crippen molar-refractivity contribution in [1.29, 1.82) is 0 Å². The van der Waals surface area contributed by atoms with Gasteiger partial charge < -0.3 is 19.5 Å². The molecule has 4 aromatic rings. The number of rotatable bonds is 7. The van der Waals surface area contributed by atoms with Gasteiger partial charge in [0.05, 0.1) is 22.8 Å². The van der Waals surface area contributed by atoms with Gasteiger partial charge in [0.2, 0.25) is 5.91 Å². The quantitative estimate of drug-likeness (QED) is 0.427. The molecule has 3 aromatic heterocycles. The highest BCUT2D eigenvalue weighted by atomic mass is 16.5. The minimum Gasteiger partial charge on any atom is -0.377 e. The highest BCUT2D eigenvalue weighted by molar-refractivity contribution is 6.02. The first-order valence-electron chi connectivity index (χ1n) is 12.0. The zero-order valence-electron chi connectivity index (χ0n) is 20.3. The minimum atomic E-state index is -0.335. The summed E-state index contributed by atoms with van der Waals surface area (Å²) in [5.74, 6) is 0.830. The van der Waals surface area contributed by atoms with E-state index in [2.05, 4.69) is 20.3 Å². The Labute approximate surface area is 209 Å². The van der Waals surface area contributed by atoms with Crippen molar-refractivity contribution in [3.05, 3.63) is 83.6 Å². The predicted molar refractivity (Wildman–Crippen MR) is 135 cm³/mol. The van der Waals surface area contributed by atoms with E-state index in [1.165, 1.54) is 0 Å². The number of aromatic nitrogens is 4. The van der Waals surface area contributed by atoms with Crippen LogP contribution in [-0.4, -0.2) is 49.9 Å². The van der Waals surface area contributed by atoms with Gasteiger partial charge in [-0.1, -0.05) is 24.3 Å². The second kappa shape index (κ2) is 10.2. The zero-order chi connectivity index (χ0) is 25.1. The van der Waals surface area contributed by atoms with Crippen LogP contribution in [0.2, 0.25) is 0 Å². The van der Waals surface area contributed by atoms with E-state index in [1.54, 1.807) is 31.5 Å². The van der Waals surface area contributed by atoms with Crippen molar-refractivity contribution in [2.45, 2.75) is 39.0 Å². The van der Waals surface area contributed by atoms with Gasteiger partial charge in [-0.15, -0.1) is 0 Å². The van der Waals surface area contributed by atoms with E-state index >= 15 is 0 Å². The second-order valence-electron chi connectivity index (χ2n) is 8.90. The summed E-state index contributed by atoms with van der Waals surface area (Å²) in [6.45, 7) is 3.06. The maximum atomic E-state index is 13.5. The van der Waals surface area contributed by atoms with Crippen molar-refractivity contribution < 1.29 is 14.3 Å². The van der Waals surface area contributed by atoms with Crippen LogP contribution in [0.25, 0.3) is 11.0 Å². The lowest BCUT2D eigenvalue weighted by Crippen LogP contribution is -2.34. The van der Waals surface area contributed by atoms with Crippen LogP contribution in [0.15, 0.2) is 60.8 Å². The van der Waals surface area contributed by atoms with Crippen LogP contribution >= 0.6 is 0 Å². The molecule has 0 radical (unpaired) electrons. The number of hydrogen-bond donors (Lipinski definition) is 1. The van der Waals surface area contributed by atoms with E-state index in [0.717, 1.165) is 29.4 Å². The van der Waals surface area contributed by atoms with Crippen molar-refractivity contribution >= 4 is 28.7 Å². The summed E-state index contributed by atoms with van der Waals surface area (Å²) in [4.78, 5) is 41.6. The number of ether oxygens (including phenoxy) is 1. The van der Waals surface area contributed by atoms with Gasteiger partial charge in [0.25, 0.3) is 5.91 Å². The summed E-state index contributed by atoms with van der Waals surface area (Å²) in [7, 11) is 1.62. The lowest BCUT2D eigenvalue weighted by Gasteiger charge is -2.25. The van der Waals surface area contributed by atoms with E-state index in [0.29, 0.717) is 30.5 Å². The number of nitrogens with one attached hydrogen (secondary N) is 1. The molecule has 1 aliphatic rings. The Morgan fingerprint density at radius 3 is 2.75 bits per heavy atom. The third kappa shape index (κ3) is 4.83. The largest absolute Gasteiger partial charge is 0.377 e. The molecule has 1 saturated heterocycles. The first-order valence-corrected chi connectivity index (χ1v) is 12.0. The number of benzene rings is 1. The number of nitrogens with zero attached hydrogens (tertiary/aromatic N) is 5. The number of pyridine rings is 2. The van der Waals surface area contributed by atoms with Crippen LogP contribution in [0.4, 0.5) is 5.82 Å². The molecule has 9 heteroatoms. The molecule has 0 aliphatic carbocycles. The molecule has 0 spiro atoms. The van der Waals surface area contributed by atoms with Crippen LogP contribution in [0.5, 0.6) is 0 Å². The number of anilines is 1. The molecule has 1 N–H and O–H groups in total. The molecule has 184 valence electrons. The van der Waals surface area contributed by atoms with Gasteiger partial charge in [0.1, 0.15) is 30.5 Å². The molecule has 36 heavy (non-hydrogen) atoms. The van der Waals surface area contributed by atoms with Crippen molar-refractivity contribution in [2.24, 2.45) is 0 Å². The number of methoxy groups -OCH3 is 1. The Kier molecular flexibility index (Phi) is 6.73. The number of carbonyl (C=O) groups is 2. The summed E-state index contributed by atoms with van der Waals surface area (Å²) in [6, 6.07) is 16.6. The molecular formula is C27H28N6O3. The minimum absolute atomic E-state index is 0.0153. The molecule has 1 atom stereocenters. The normalized spacial score (nSPS) is 15.4. The average Bonchev–Trinajstić information content (AvgIpc) is 3.51. The maximum absolute atomic E-state index is 13.5. The van der Waals surface area contributed by atoms with Crippen molar-refractivity contribution in [2.75, 3.05) is 19.0 Å². The molecule has 0 bridgehead atoms. The van der Waals surface area contributed by atoms with E-state index < -0.39 is 0 Å². The molecule has 9 nitrogen and oxygen atoms in total. The van der Waals surface area contributed by atoms with Crippen LogP contribution in [0.3, 0.4) is 0 Å². The third-order valence-electron chi connectivity index (χ3n) is 6.37. The summed E-state index contributed by atoms with van der Waals surface area (Å²) in [6.07, 6.45) is 3.36. The van der Waals surface area contributed by atoms with Gasteiger partial charge in [-0.25, -0.2) is 15.0 Å². The predicted octanol–water partition coefficient (Wildman–Crippen LogP) is 3.90. The van der Waals surface area contributed by atoms with Crippen LogP contribution in [-0.2, 0) is 22.7 Å². The maximum Gasteiger partial charge on any atom is 0.275 e. The second-order valence-corrected chi connectivity index (χ2v) is 8.90. The van der Waals surface area contributed by atoms with Gasteiger partial charge in [-0.05, 0) is 55.7 Å². The van der Waals surface area contributed by atoms with Crippen LogP contribution < -0.4 is 5.32 Å². The van der Waals surface area contributed by atoms with Crippen LogP contribution in [0, 0.1) is 6.92 Å². The fourth-order valence-corrected chi connectivity index (χ4v) is 4.63. The number of hydrogen-bond acceptors (Lipinski definition) is 6. The molecule has 5 rings (SSSR count). The molecule has 0 unspecified atom stereocenters. The molecule has 2 amide bonds. The van der Waals surface area contributed by atoms with Gasteiger partial charge in [-0.3, -0.25) is 9.59 Å².